The highest BCUT2D eigenvalue weighted by atomic mass is 35.5. The smallest absolute Gasteiger partial charge is 0.268 e. The molecule has 1 aliphatic rings. The summed E-state index contributed by atoms with van der Waals surface area (Å²) >= 11 is 0. The Hall–Kier alpha value is -1.52. The third-order valence-corrected chi connectivity index (χ3v) is 4.24. The van der Waals surface area contributed by atoms with Crippen molar-refractivity contribution in [3.05, 3.63) is 34.5 Å². The highest BCUT2D eigenvalue weighted by Gasteiger charge is 2.21. The largest absolute Gasteiger partial charge is 0.350 e. The van der Waals surface area contributed by atoms with Gasteiger partial charge >= 0.3 is 0 Å². The fourth-order valence-corrected chi connectivity index (χ4v) is 3.06. The average Bonchev–Trinajstić information content (AvgIpc) is 3.02. The summed E-state index contributed by atoms with van der Waals surface area (Å²) in [5, 5.41) is 7.55. The Kier molecular flexibility index (Phi) is 4.59. The number of hydrogen-bond donors (Lipinski definition) is 3. The monoisotopic (exact) mass is 307 g/mol. The Labute approximate surface area is 131 Å². The molecule has 1 fully saturated rings. The zero-order valence-corrected chi connectivity index (χ0v) is 13.5. The molecule has 2 heterocycles. The molecule has 1 amide bonds. The molecule has 3 rings (SSSR count). The van der Waals surface area contributed by atoms with Crippen LogP contribution >= 0.6 is 12.4 Å². The zero-order chi connectivity index (χ0) is 14.3. The molecule has 0 radical (unpaired) electrons. The first-order chi connectivity index (χ1) is 9.58. The van der Waals surface area contributed by atoms with Gasteiger partial charge in [-0.15, -0.1) is 12.4 Å². The SMILES string of the molecule is Cc1ccc(C)c2c(C)c(C(=O)N[C@H]3CCNC3)[nH]c12.Cl. The van der Waals surface area contributed by atoms with E-state index in [0.29, 0.717) is 5.69 Å². The lowest BCUT2D eigenvalue weighted by atomic mass is 10.0. The lowest BCUT2D eigenvalue weighted by Gasteiger charge is -2.10. The molecule has 2 aromatic rings. The Morgan fingerprint density at radius 2 is 1.95 bits per heavy atom. The van der Waals surface area contributed by atoms with Gasteiger partial charge in [0.1, 0.15) is 5.69 Å². The molecule has 21 heavy (non-hydrogen) atoms. The second-order valence-corrected chi connectivity index (χ2v) is 5.74. The molecule has 0 aliphatic carbocycles. The standard InChI is InChI=1S/C16H21N3O.ClH/c1-9-4-5-10(2)14-13(9)11(3)15(19-14)16(20)18-12-6-7-17-8-12;/h4-5,12,17,19H,6-8H2,1-3H3,(H,18,20);1H/t12-;/m0./s1. The van der Waals surface area contributed by atoms with Crippen LogP contribution in [0.25, 0.3) is 10.9 Å². The predicted molar refractivity (Wildman–Crippen MR) is 88.5 cm³/mol. The average molecular weight is 308 g/mol. The van der Waals surface area contributed by atoms with Crippen molar-refractivity contribution in [2.45, 2.75) is 33.2 Å². The van der Waals surface area contributed by atoms with E-state index in [4.69, 9.17) is 0 Å². The quantitative estimate of drug-likeness (QED) is 0.799. The van der Waals surface area contributed by atoms with E-state index in [1.54, 1.807) is 0 Å². The van der Waals surface area contributed by atoms with Crippen LogP contribution in [0.5, 0.6) is 0 Å². The van der Waals surface area contributed by atoms with Gasteiger partial charge in [0.15, 0.2) is 0 Å². The van der Waals surface area contributed by atoms with Crippen molar-refractivity contribution in [3.8, 4) is 0 Å². The van der Waals surface area contributed by atoms with Gasteiger partial charge in [0.2, 0.25) is 0 Å². The molecule has 1 saturated heterocycles. The molecule has 0 saturated carbocycles. The summed E-state index contributed by atoms with van der Waals surface area (Å²) in [5.74, 6) is 0.00574. The third kappa shape index (κ3) is 2.78. The van der Waals surface area contributed by atoms with Crippen LogP contribution in [0.2, 0.25) is 0 Å². The summed E-state index contributed by atoms with van der Waals surface area (Å²) in [5.41, 5.74) is 5.21. The Bertz CT molecular complexity index is 672. The van der Waals surface area contributed by atoms with Crippen LogP contribution in [-0.2, 0) is 0 Å². The molecule has 4 nitrogen and oxygen atoms in total. The second-order valence-electron chi connectivity index (χ2n) is 5.74. The summed E-state index contributed by atoms with van der Waals surface area (Å²) in [6.07, 6.45) is 1.00. The number of aromatic amines is 1. The van der Waals surface area contributed by atoms with Gasteiger partial charge < -0.3 is 15.6 Å². The van der Waals surface area contributed by atoms with E-state index in [9.17, 15) is 4.79 Å². The van der Waals surface area contributed by atoms with Crippen molar-refractivity contribution in [2.75, 3.05) is 13.1 Å². The van der Waals surface area contributed by atoms with Gasteiger partial charge in [0, 0.05) is 23.5 Å². The molecule has 1 aliphatic heterocycles. The van der Waals surface area contributed by atoms with Crippen molar-refractivity contribution < 1.29 is 4.79 Å². The van der Waals surface area contributed by atoms with Gasteiger partial charge in [-0.2, -0.15) is 0 Å². The van der Waals surface area contributed by atoms with Crippen molar-refractivity contribution in [1.29, 1.82) is 0 Å². The molecule has 5 heteroatoms. The van der Waals surface area contributed by atoms with Crippen LogP contribution in [0, 0.1) is 20.8 Å². The lowest BCUT2D eigenvalue weighted by Crippen LogP contribution is -2.36. The minimum absolute atomic E-state index is 0. The normalized spacial score (nSPS) is 17.8. The van der Waals surface area contributed by atoms with E-state index >= 15 is 0 Å². The van der Waals surface area contributed by atoms with Gasteiger partial charge in [-0.05, 0) is 50.4 Å². The molecule has 3 N–H and O–H groups in total. The summed E-state index contributed by atoms with van der Waals surface area (Å²) in [7, 11) is 0. The molecule has 1 aromatic carbocycles. The van der Waals surface area contributed by atoms with E-state index in [0.717, 1.165) is 30.6 Å². The number of carbonyl (C=O) groups excluding carboxylic acids is 1. The van der Waals surface area contributed by atoms with Gasteiger partial charge in [0.05, 0.1) is 0 Å². The van der Waals surface area contributed by atoms with Gasteiger partial charge in [-0.3, -0.25) is 4.79 Å². The number of benzene rings is 1. The highest BCUT2D eigenvalue weighted by molar-refractivity contribution is 6.02. The summed E-state index contributed by atoms with van der Waals surface area (Å²) in [6, 6.07) is 4.45. The second kappa shape index (κ2) is 6.08. The fourth-order valence-electron chi connectivity index (χ4n) is 3.06. The summed E-state index contributed by atoms with van der Waals surface area (Å²) < 4.78 is 0. The number of amides is 1. The van der Waals surface area contributed by atoms with Crippen molar-refractivity contribution >= 4 is 29.2 Å². The van der Waals surface area contributed by atoms with Crippen LogP contribution in [0.4, 0.5) is 0 Å². The van der Waals surface area contributed by atoms with Crippen molar-refractivity contribution in [2.24, 2.45) is 0 Å². The number of H-pyrrole nitrogens is 1. The van der Waals surface area contributed by atoms with Crippen LogP contribution in [0.3, 0.4) is 0 Å². The molecule has 0 unspecified atom stereocenters. The molecule has 1 atom stereocenters. The zero-order valence-electron chi connectivity index (χ0n) is 12.7. The van der Waals surface area contributed by atoms with Crippen LogP contribution in [0.15, 0.2) is 12.1 Å². The van der Waals surface area contributed by atoms with E-state index < -0.39 is 0 Å². The first-order valence-electron chi connectivity index (χ1n) is 7.18. The minimum atomic E-state index is 0. The number of aromatic nitrogens is 1. The Morgan fingerprint density at radius 3 is 2.57 bits per heavy atom. The van der Waals surface area contributed by atoms with Gasteiger partial charge in [-0.25, -0.2) is 0 Å². The Morgan fingerprint density at radius 1 is 1.24 bits per heavy atom. The number of hydrogen-bond acceptors (Lipinski definition) is 2. The number of aryl methyl sites for hydroxylation is 3. The van der Waals surface area contributed by atoms with Crippen molar-refractivity contribution in [1.82, 2.24) is 15.6 Å². The minimum Gasteiger partial charge on any atom is -0.350 e. The van der Waals surface area contributed by atoms with Crippen LogP contribution < -0.4 is 10.6 Å². The van der Waals surface area contributed by atoms with E-state index in [1.807, 2.05) is 6.92 Å². The molecule has 0 bridgehead atoms. The van der Waals surface area contributed by atoms with Crippen molar-refractivity contribution in [3.63, 3.8) is 0 Å². The van der Waals surface area contributed by atoms with E-state index in [-0.39, 0.29) is 24.4 Å². The molecular weight excluding hydrogens is 286 g/mol. The fraction of sp³-hybridized carbons (Fsp3) is 0.438. The maximum Gasteiger partial charge on any atom is 0.268 e. The highest BCUT2D eigenvalue weighted by Crippen LogP contribution is 2.27. The Balaban J connectivity index is 0.00000161. The number of nitrogens with one attached hydrogen (secondary N) is 3. The number of carbonyl (C=O) groups is 1. The first-order valence-corrected chi connectivity index (χ1v) is 7.18. The van der Waals surface area contributed by atoms with E-state index in [2.05, 4.69) is 41.6 Å². The van der Waals surface area contributed by atoms with Gasteiger partial charge in [0.25, 0.3) is 5.91 Å². The third-order valence-electron chi connectivity index (χ3n) is 4.24. The topological polar surface area (TPSA) is 56.9 Å². The summed E-state index contributed by atoms with van der Waals surface area (Å²) in [6.45, 7) is 8.02. The lowest BCUT2D eigenvalue weighted by molar-refractivity contribution is 0.0935. The van der Waals surface area contributed by atoms with Gasteiger partial charge in [-0.1, -0.05) is 12.1 Å². The van der Waals surface area contributed by atoms with Crippen LogP contribution in [-0.4, -0.2) is 30.0 Å². The molecule has 1 aromatic heterocycles. The first kappa shape index (κ1) is 15.9. The number of fused-ring (bicyclic) bond motifs is 1. The number of rotatable bonds is 2. The van der Waals surface area contributed by atoms with E-state index in [1.165, 1.54) is 16.5 Å². The molecule has 114 valence electrons. The number of halogens is 1. The predicted octanol–water partition coefficient (Wildman–Crippen LogP) is 2.61. The maximum atomic E-state index is 12.4. The molecular formula is C16H22ClN3O. The van der Waals surface area contributed by atoms with Crippen LogP contribution in [0.1, 0.15) is 33.6 Å². The molecule has 0 spiro atoms. The maximum absolute atomic E-state index is 12.4. The summed E-state index contributed by atoms with van der Waals surface area (Å²) in [4.78, 5) is 15.8.